The van der Waals surface area contributed by atoms with Gasteiger partial charge in [0.2, 0.25) is 5.75 Å². The van der Waals surface area contributed by atoms with Crippen LogP contribution >= 0.6 is 0 Å². The van der Waals surface area contributed by atoms with Gasteiger partial charge >= 0.3 is 0 Å². The van der Waals surface area contributed by atoms with Crippen LogP contribution in [0.4, 0.5) is 17.5 Å². The molecule has 0 aliphatic carbocycles. The Kier molecular flexibility index (Phi) is 8.11. The van der Waals surface area contributed by atoms with Gasteiger partial charge in [0.1, 0.15) is 11.5 Å². The second kappa shape index (κ2) is 11.5. The molecule has 1 aliphatic heterocycles. The molecule has 0 fully saturated rings. The molecule has 3 aromatic rings. The number of nitrogens with zero attached hydrogens (tertiary/aromatic N) is 5. The molecule has 1 aliphatic rings. The molecule has 2 aromatic carbocycles. The van der Waals surface area contributed by atoms with Crippen LogP contribution in [0.15, 0.2) is 41.5 Å². The molecular formula is C28H34N6O4. The summed E-state index contributed by atoms with van der Waals surface area (Å²) in [5, 5.41) is 0. The molecule has 1 aromatic heterocycles. The maximum atomic E-state index is 13.5. The van der Waals surface area contributed by atoms with Crippen molar-refractivity contribution < 1.29 is 19.0 Å². The fourth-order valence-corrected chi connectivity index (χ4v) is 4.46. The van der Waals surface area contributed by atoms with Crippen molar-refractivity contribution in [2.45, 2.75) is 27.2 Å². The van der Waals surface area contributed by atoms with Crippen LogP contribution in [0, 0.1) is 6.92 Å². The van der Waals surface area contributed by atoms with Gasteiger partial charge in [-0.2, -0.15) is 4.98 Å². The number of carbonyl (C=O) groups is 1. The molecule has 38 heavy (non-hydrogen) atoms. The Morgan fingerprint density at radius 1 is 1.03 bits per heavy atom. The number of aromatic nitrogens is 2. The van der Waals surface area contributed by atoms with Crippen molar-refractivity contribution in [3.8, 4) is 17.2 Å². The number of aliphatic imine (C=N–C) groups is 1. The van der Waals surface area contributed by atoms with E-state index >= 15 is 0 Å². The van der Waals surface area contributed by atoms with Gasteiger partial charge in [-0.1, -0.05) is 25.5 Å². The molecule has 0 unspecified atom stereocenters. The molecule has 10 heteroatoms. The molecule has 0 saturated carbocycles. The van der Waals surface area contributed by atoms with Crippen molar-refractivity contribution in [1.29, 1.82) is 0 Å². The third-order valence-electron chi connectivity index (χ3n) is 6.60. The SMILES string of the molecule is CCN(CC)CN1C(=O)/C(=N\c2ncc(Cc3cc(OC)c(OC)c(OC)c3)c(N)n2)c2cc(C)ccc21. The lowest BCUT2D eigenvalue weighted by molar-refractivity contribution is -0.112. The zero-order valence-electron chi connectivity index (χ0n) is 22.7. The number of benzene rings is 2. The number of nitrogens with two attached hydrogens (primary N) is 1. The van der Waals surface area contributed by atoms with Crippen molar-refractivity contribution in [2.24, 2.45) is 4.99 Å². The number of hydrogen-bond acceptors (Lipinski definition) is 9. The van der Waals surface area contributed by atoms with Crippen molar-refractivity contribution in [3.05, 3.63) is 58.8 Å². The van der Waals surface area contributed by atoms with Gasteiger partial charge in [-0.25, -0.2) is 9.98 Å². The number of methoxy groups -OCH3 is 3. The van der Waals surface area contributed by atoms with E-state index in [1.54, 1.807) is 32.4 Å². The summed E-state index contributed by atoms with van der Waals surface area (Å²) in [7, 11) is 4.70. The summed E-state index contributed by atoms with van der Waals surface area (Å²) < 4.78 is 16.3. The van der Waals surface area contributed by atoms with Crippen LogP contribution in [0.2, 0.25) is 0 Å². The highest BCUT2D eigenvalue weighted by molar-refractivity contribution is 6.54. The lowest BCUT2D eigenvalue weighted by atomic mass is 10.1. The van der Waals surface area contributed by atoms with Gasteiger partial charge in [0.05, 0.1) is 33.7 Å². The highest BCUT2D eigenvalue weighted by atomic mass is 16.5. The molecule has 2 N–H and O–H groups in total. The van der Waals surface area contributed by atoms with E-state index in [0.29, 0.717) is 41.6 Å². The average molecular weight is 519 g/mol. The molecule has 0 bridgehead atoms. The molecule has 4 rings (SSSR count). The van der Waals surface area contributed by atoms with E-state index in [2.05, 4.69) is 33.7 Å². The summed E-state index contributed by atoms with van der Waals surface area (Å²) in [5.41, 5.74) is 10.9. The molecule has 1 amide bonds. The number of nitrogen functional groups attached to an aromatic ring is 1. The van der Waals surface area contributed by atoms with E-state index in [1.807, 2.05) is 37.3 Å². The maximum absolute atomic E-state index is 13.5. The third kappa shape index (κ3) is 5.26. The number of aryl methyl sites for hydroxylation is 1. The number of fused-ring (bicyclic) bond motifs is 1. The number of anilines is 2. The summed E-state index contributed by atoms with van der Waals surface area (Å²) in [6.45, 7) is 8.29. The third-order valence-corrected chi connectivity index (χ3v) is 6.60. The van der Waals surface area contributed by atoms with Crippen LogP contribution in [0.1, 0.15) is 36.1 Å². The minimum Gasteiger partial charge on any atom is -0.493 e. The van der Waals surface area contributed by atoms with Crippen molar-refractivity contribution in [1.82, 2.24) is 14.9 Å². The number of hydrogen-bond donors (Lipinski definition) is 1. The molecule has 0 spiro atoms. The molecule has 200 valence electrons. The van der Waals surface area contributed by atoms with E-state index < -0.39 is 0 Å². The van der Waals surface area contributed by atoms with Gasteiger partial charge in [0.25, 0.3) is 11.9 Å². The Labute approximate surface area is 223 Å². The van der Waals surface area contributed by atoms with Crippen LogP contribution in [0.3, 0.4) is 0 Å². The van der Waals surface area contributed by atoms with Crippen LogP contribution in [-0.4, -0.2) is 67.6 Å². The van der Waals surface area contributed by atoms with Gasteiger partial charge in [0, 0.05) is 23.7 Å². The minimum absolute atomic E-state index is 0.136. The van der Waals surface area contributed by atoms with Gasteiger partial charge in [-0.3, -0.25) is 14.6 Å². The second-order valence-electron chi connectivity index (χ2n) is 8.95. The van der Waals surface area contributed by atoms with Gasteiger partial charge in [-0.15, -0.1) is 0 Å². The van der Waals surface area contributed by atoms with Gasteiger partial charge in [-0.05, 0) is 49.8 Å². The molecular weight excluding hydrogens is 484 g/mol. The van der Waals surface area contributed by atoms with Crippen LogP contribution < -0.4 is 24.8 Å². The molecule has 2 heterocycles. The lowest BCUT2D eigenvalue weighted by Crippen LogP contribution is -2.41. The normalized spacial score (nSPS) is 13.8. The van der Waals surface area contributed by atoms with E-state index in [1.165, 1.54) is 0 Å². The predicted molar refractivity (Wildman–Crippen MR) is 148 cm³/mol. The molecule has 0 saturated heterocycles. The smallest absolute Gasteiger partial charge is 0.278 e. The van der Waals surface area contributed by atoms with E-state index in [9.17, 15) is 4.79 Å². The van der Waals surface area contributed by atoms with E-state index in [-0.39, 0.29) is 17.7 Å². The summed E-state index contributed by atoms with van der Waals surface area (Å²) >= 11 is 0. The molecule has 0 radical (unpaired) electrons. The number of amides is 1. The quantitative estimate of drug-likeness (QED) is 0.432. The minimum atomic E-state index is -0.179. The average Bonchev–Trinajstić information content (AvgIpc) is 3.17. The largest absolute Gasteiger partial charge is 0.493 e. The summed E-state index contributed by atoms with van der Waals surface area (Å²) in [6.07, 6.45) is 2.08. The first-order chi connectivity index (χ1) is 18.3. The Balaban J connectivity index is 1.65. The highest BCUT2D eigenvalue weighted by Gasteiger charge is 2.35. The van der Waals surface area contributed by atoms with Crippen molar-refractivity contribution in [3.63, 3.8) is 0 Å². The Morgan fingerprint density at radius 2 is 1.71 bits per heavy atom. The van der Waals surface area contributed by atoms with Crippen molar-refractivity contribution >= 4 is 29.1 Å². The second-order valence-corrected chi connectivity index (χ2v) is 8.95. The fraction of sp³-hybridized carbons (Fsp3) is 0.357. The number of ether oxygens (including phenoxy) is 3. The fourth-order valence-electron chi connectivity index (χ4n) is 4.46. The van der Waals surface area contributed by atoms with Gasteiger partial charge < -0.3 is 19.9 Å². The van der Waals surface area contributed by atoms with Crippen molar-refractivity contribution in [2.75, 3.05) is 51.7 Å². The zero-order chi connectivity index (χ0) is 27.4. The standard InChI is InChI=1S/C28H34N6O4/c1-7-33(8-2)16-34-21-10-9-17(3)11-20(21)24(27(34)35)31-28-30-15-19(26(29)32-28)12-18-13-22(36-4)25(38-6)23(14-18)37-5/h9-11,13-15H,7-8,12,16H2,1-6H3,(H2,29,30,32)/b31-24-. The van der Waals surface area contributed by atoms with E-state index in [0.717, 1.165) is 35.5 Å². The summed E-state index contributed by atoms with van der Waals surface area (Å²) in [6, 6.07) is 9.64. The Hall–Kier alpha value is -4.18. The maximum Gasteiger partial charge on any atom is 0.278 e. The summed E-state index contributed by atoms with van der Waals surface area (Å²) in [4.78, 5) is 30.8. The van der Waals surface area contributed by atoms with Crippen LogP contribution in [0.25, 0.3) is 0 Å². The Bertz CT molecular complexity index is 1340. The first kappa shape index (κ1) is 26.9. The number of rotatable bonds is 10. The monoisotopic (exact) mass is 518 g/mol. The zero-order valence-corrected chi connectivity index (χ0v) is 22.7. The molecule has 0 atom stereocenters. The Morgan fingerprint density at radius 3 is 2.29 bits per heavy atom. The van der Waals surface area contributed by atoms with Crippen LogP contribution in [0.5, 0.6) is 17.2 Å². The van der Waals surface area contributed by atoms with E-state index in [4.69, 9.17) is 19.9 Å². The lowest BCUT2D eigenvalue weighted by Gasteiger charge is -2.25. The topological polar surface area (TPSA) is 115 Å². The first-order valence-corrected chi connectivity index (χ1v) is 12.5. The van der Waals surface area contributed by atoms with Gasteiger partial charge in [0.15, 0.2) is 11.5 Å². The first-order valence-electron chi connectivity index (χ1n) is 12.5. The number of carbonyl (C=O) groups excluding carboxylic acids is 1. The molecule has 10 nitrogen and oxygen atoms in total. The summed E-state index contributed by atoms with van der Waals surface area (Å²) in [5.74, 6) is 1.85. The van der Waals surface area contributed by atoms with Crippen LogP contribution in [-0.2, 0) is 11.2 Å². The highest BCUT2D eigenvalue weighted by Crippen LogP contribution is 2.39. The predicted octanol–water partition coefficient (Wildman–Crippen LogP) is 3.75.